The van der Waals surface area contributed by atoms with Gasteiger partial charge in [0.15, 0.2) is 22.6 Å². The number of hydrogen-bond acceptors (Lipinski definition) is 22. The van der Waals surface area contributed by atoms with Gasteiger partial charge in [-0.05, 0) is 161 Å². The van der Waals surface area contributed by atoms with Crippen LogP contribution in [0.5, 0.6) is 5.75 Å². The van der Waals surface area contributed by atoms with Crippen molar-refractivity contribution < 1.29 is 11.3 Å². The number of anilines is 4. The van der Waals surface area contributed by atoms with Gasteiger partial charge in [0, 0.05) is 132 Å². The van der Waals surface area contributed by atoms with Gasteiger partial charge >= 0.3 is 0 Å². The zero-order valence-corrected chi connectivity index (χ0v) is 56.0. The molecule has 12 aromatic heterocycles. The molecule has 0 aliphatic carbocycles. The average Bonchev–Trinajstić information content (AvgIpc) is 1.59. The molecule has 0 bridgehead atoms. The maximum absolute atomic E-state index is 10.1. The summed E-state index contributed by atoms with van der Waals surface area (Å²) in [6.45, 7) is 15.0. The summed E-state index contributed by atoms with van der Waals surface area (Å²) < 4.78 is 5.38. The highest BCUT2D eigenvalue weighted by atomic mass is 16.5. The molecule has 9 N–H and O–H groups in total. The topological polar surface area (TPSA) is 314 Å². The van der Waals surface area contributed by atoms with Crippen LogP contribution in [0.4, 0.5) is 23.3 Å². The number of rotatable bonds is 12. The quantitative estimate of drug-likeness (QED) is 0.0565. The summed E-state index contributed by atoms with van der Waals surface area (Å²) in [7, 11) is 3.88. The predicted molar refractivity (Wildman–Crippen MR) is 391 cm³/mol. The van der Waals surface area contributed by atoms with E-state index in [1.54, 1.807) is 31.9 Å². The van der Waals surface area contributed by atoms with Crippen LogP contribution >= 0.6 is 0 Å². The van der Waals surface area contributed by atoms with Crippen LogP contribution in [0, 0.1) is 0 Å². The summed E-state index contributed by atoms with van der Waals surface area (Å²) in [6, 6.07) is 49.0. The number of ether oxygens (including phenoxy) is 1. The minimum Gasteiger partial charge on any atom is -0.497 e. The Bertz CT molecular complexity index is 4840. The van der Waals surface area contributed by atoms with Gasteiger partial charge in [-0.1, -0.05) is 36.4 Å². The number of H-pyrrole nitrogens is 4. The lowest BCUT2D eigenvalue weighted by atomic mass is 9.97. The lowest BCUT2D eigenvalue weighted by Crippen LogP contribution is -2.53. The van der Waals surface area contributed by atoms with E-state index in [9.17, 15) is 5.11 Å². The number of benzene rings is 1. The number of nitrogens with one attached hydrogen (secondary N) is 6. The zero-order chi connectivity index (χ0) is 67.7. The normalized spacial score (nSPS) is 17.6. The van der Waals surface area contributed by atoms with Crippen LogP contribution < -0.4 is 40.7 Å². The molecule has 4 aliphatic rings. The smallest absolute Gasteiger partial charge is 0.181 e. The van der Waals surface area contributed by atoms with Crippen molar-refractivity contribution in [1.29, 1.82) is 0 Å². The second-order valence-corrected chi connectivity index (χ2v) is 25.9. The van der Waals surface area contributed by atoms with E-state index in [1.807, 2.05) is 129 Å². The van der Waals surface area contributed by atoms with Gasteiger partial charge in [0.2, 0.25) is 0 Å². The van der Waals surface area contributed by atoms with Crippen molar-refractivity contribution in [3.05, 3.63) is 176 Å². The first-order chi connectivity index (χ1) is 48.4. The monoisotopic (exact) mass is 1330 g/mol. The van der Waals surface area contributed by atoms with Gasteiger partial charge in [0.25, 0.3) is 0 Å². The number of fused-ring (bicyclic) bond motifs is 4. The lowest BCUT2D eigenvalue weighted by Gasteiger charge is -2.37. The third kappa shape index (κ3) is 15.4. The molecule has 16 heterocycles. The minimum atomic E-state index is -0.683. The van der Waals surface area contributed by atoms with E-state index in [4.69, 9.17) is 30.4 Å². The van der Waals surface area contributed by atoms with Crippen LogP contribution in [0.3, 0.4) is 0 Å². The standard InChI is InChI=1S/C22H22N6O.C19H24N6O.C17H20N6.C15H16N6.H2/c1-29-16-6-2-5-15(13-16)19-14-28(12-11-23-19)20-9-3-8-18(25-20)21-17-7-4-10-24-22(17)27-26-21;1-19(2,26)11-13-12-25(10-9-20-13)16-7-3-6-15(22-16)17-14-5-4-8-21-18(14)24-23-17;1-22-9-4-10-23(12-11-22)15-7-2-6-14(19-15)16-13-5-3-8-18-17(13)21-20-16;16-10-6-8-21(9-10)13-5-1-4-12(18-13)14-11-3-2-7-17-15(11)20-19-14;/h2-10,13,19,23H,11-12,14H2,1H3,(H,24,26,27);3-8,13,20,26H,9-12H2,1-2H3,(H,21,23,24);2-3,5-8H,4,9-12H2,1H3,(H,18,20,21);1-5,7,10H,6,8-9,16H2,(H,17,19,20);1H/t;;;10-;/m...1./s1. The Hall–Kier alpha value is -10.9. The first kappa shape index (κ1) is 65.4. The fourth-order valence-corrected chi connectivity index (χ4v) is 13.2. The number of likely N-dealkylation sites (N-methyl/N-ethyl adjacent to an activating group) is 1. The van der Waals surface area contributed by atoms with Crippen molar-refractivity contribution in [2.45, 2.75) is 56.8 Å². The number of piperazine rings is 2. The lowest BCUT2D eigenvalue weighted by molar-refractivity contribution is 0.0586. The van der Waals surface area contributed by atoms with Crippen LogP contribution in [-0.2, 0) is 0 Å². The maximum atomic E-state index is 10.1. The highest BCUT2D eigenvalue weighted by Gasteiger charge is 2.28. The molecule has 1 aromatic carbocycles. The molecule has 26 nitrogen and oxygen atoms in total. The first-order valence-corrected chi connectivity index (χ1v) is 33.8. The third-order valence-electron chi connectivity index (χ3n) is 18.2. The van der Waals surface area contributed by atoms with Gasteiger partial charge in [-0.2, -0.15) is 20.4 Å². The number of aliphatic hydroxyl groups is 1. The Balaban J connectivity index is 0.000000120. The maximum Gasteiger partial charge on any atom is 0.181 e. The molecule has 13 aromatic rings. The molecule has 4 saturated heterocycles. The van der Waals surface area contributed by atoms with Crippen molar-refractivity contribution >= 4 is 67.4 Å². The van der Waals surface area contributed by atoms with E-state index < -0.39 is 5.60 Å². The molecule has 17 rings (SSSR count). The van der Waals surface area contributed by atoms with Crippen molar-refractivity contribution in [2.24, 2.45) is 5.73 Å². The van der Waals surface area contributed by atoms with Gasteiger partial charge in [-0.3, -0.25) is 20.4 Å². The summed E-state index contributed by atoms with van der Waals surface area (Å²) in [6.07, 6.45) is 9.87. The highest BCUT2D eigenvalue weighted by Crippen LogP contribution is 2.32. The van der Waals surface area contributed by atoms with Crippen LogP contribution in [0.1, 0.15) is 46.1 Å². The molecule has 0 saturated carbocycles. The summed E-state index contributed by atoms with van der Waals surface area (Å²) in [5, 5.41) is 50.4. The van der Waals surface area contributed by atoms with Crippen molar-refractivity contribution in [2.75, 3.05) is 112 Å². The van der Waals surface area contributed by atoms with Crippen LogP contribution in [0.2, 0.25) is 0 Å². The van der Waals surface area contributed by atoms with Crippen LogP contribution in [-0.4, -0.2) is 201 Å². The summed E-state index contributed by atoms with van der Waals surface area (Å²) >= 11 is 0. The minimum absolute atomic E-state index is 0. The molecule has 99 heavy (non-hydrogen) atoms. The van der Waals surface area contributed by atoms with Gasteiger partial charge in [-0.25, -0.2) is 39.9 Å². The zero-order valence-electron chi connectivity index (χ0n) is 56.0. The van der Waals surface area contributed by atoms with E-state index >= 15 is 0 Å². The number of nitrogens with zero attached hydrogens (tertiary/aromatic N) is 17. The van der Waals surface area contributed by atoms with Crippen molar-refractivity contribution in [1.82, 2.24) is 96.2 Å². The third-order valence-corrected chi connectivity index (χ3v) is 18.2. The molecule has 0 amide bonds. The molecule has 4 aliphatic heterocycles. The second-order valence-electron chi connectivity index (χ2n) is 25.9. The Labute approximate surface area is 574 Å². The molecule has 508 valence electrons. The predicted octanol–water partition coefficient (Wildman–Crippen LogP) is 9.10. The fraction of sp³-hybridized carbons (Fsp3) is 0.315. The van der Waals surface area contributed by atoms with Gasteiger partial charge < -0.3 is 50.7 Å². The van der Waals surface area contributed by atoms with Crippen LogP contribution in [0.15, 0.2) is 170 Å². The molecule has 2 unspecified atom stereocenters. The second kappa shape index (κ2) is 29.8. The van der Waals surface area contributed by atoms with Gasteiger partial charge in [0.05, 0.1) is 64.3 Å². The molecule has 0 radical (unpaired) electrons. The van der Waals surface area contributed by atoms with Crippen LogP contribution in [0.25, 0.3) is 89.7 Å². The Morgan fingerprint density at radius 3 is 1.36 bits per heavy atom. The first-order valence-electron chi connectivity index (χ1n) is 33.8. The number of nitrogens with two attached hydrogens (primary N) is 1. The largest absolute Gasteiger partial charge is 0.497 e. The number of aromatic amines is 4. The SMILES string of the molecule is CC(C)(O)CC1CN(c2cccc(-c3[nH]nc4ncccc34)n2)CCN1.CN1CCCN(c2cccc(-c3[nH]nc4ncccc34)n2)CC1.COc1cccc(C2CN(c3cccc(-c4[nH]nc5ncccc45)n3)CCN2)c1.N[C@@H]1CCN(c2cccc(-c3[nH]nc4ncccc34)n2)C1.[HH]. The number of aromatic nitrogens is 16. The van der Waals surface area contributed by atoms with E-state index in [-0.39, 0.29) is 19.6 Å². The van der Waals surface area contributed by atoms with E-state index in [0.717, 1.165) is 187 Å². The Morgan fingerprint density at radius 1 is 0.485 bits per heavy atom. The Morgan fingerprint density at radius 2 is 0.919 bits per heavy atom. The summed E-state index contributed by atoms with van der Waals surface area (Å²) in [5.74, 6) is 4.78. The van der Waals surface area contributed by atoms with Crippen molar-refractivity contribution in [3.8, 4) is 51.3 Å². The number of methoxy groups -OCH3 is 1. The van der Waals surface area contributed by atoms with Crippen molar-refractivity contribution in [3.63, 3.8) is 0 Å². The molecule has 3 atom stereocenters. The average molecular weight is 1330 g/mol. The molecular weight excluding hydrogens is 1240 g/mol. The summed E-state index contributed by atoms with van der Waals surface area (Å²) in [4.78, 5) is 48.0. The highest BCUT2D eigenvalue weighted by molar-refractivity contribution is 5.92. The molecule has 4 fully saturated rings. The molecular formula is C73H84N24O2. The van der Waals surface area contributed by atoms with E-state index in [0.29, 0.717) is 23.4 Å². The molecule has 26 heteroatoms. The van der Waals surface area contributed by atoms with Gasteiger partial charge in [0.1, 0.15) is 29.0 Å². The van der Waals surface area contributed by atoms with Gasteiger partial charge in [-0.15, -0.1) is 0 Å². The fourth-order valence-electron chi connectivity index (χ4n) is 13.2. The number of pyridine rings is 8. The number of hydrogen-bond donors (Lipinski definition) is 8. The van der Waals surface area contributed by atoms with E-state index in [2.05, 4.69) is 133 Å². The molecule has 0 spiro atoms. The summed E-state index contributed by atoms with van der Waals surface area (Å²) in [5.41, 5.74) is 16.5. The van der Waals surface area contributed by atoms with E-state index in [1.165, 1.54) is 12.0 Å². The Kier molecular flexibility index (Phi) is 19.7.